The number of benzene rings is 4. The van der Waals surface area contributed by atoms with Crippen molar-refractivity contribution in [1.82, 2.24) is 4.90 Å². The molecule has 0 bridgehead atoms. The summed E-state index contributed by atoms with van der Waals surface area (Å²) in [6.45, 7) is 0.747. The third-order valence-electron chi connectivity index (χ3n) is 5.75. The SMILES string of the molecule is COc1ccc(C2=Nc3ccc(Br)cc3C(c3ccccc3)N2Cc2ccccc2)cc1. The van der Waals surface area contributed by atoms with Crippen LogP contribution in [0.2, 0.25) is 0 Å². The molecule has 0 aromatic heterocycles. The second kappa shape index (κ2) is 9.01. The third-order valence-corrected chi connectivity index (χ3v) is 6.25. The second-order valence-electron chi connectivity index (χ2n) is 7.79. The molecule has 1 unspecified atom stereocenters. The summed E-state index contributed by atoms with van der Waals surface area (Å²) in [6.07, 6.45) is 0. The van der Waals surface area contributed by atoms with Gasteiger partial charge in [-0.25, -0.2) is 4.99 Å². The normalized spacial score (nSPS) is 15.1. The van der Waals surface area contributed by atoms with Crippen molar-refractivity contribution in [2.45, 2.75) is 12.6 Å². The molecule has 1 heterocycles. The molecule has 0 saturated heterocycles. The molecule has 0 aliphatic carbocycles. The summed E-state index contributed by atoms with van der Waals surface area (Å²) in [5, 5.41) is 0. The molecular weight excluding hydrogens is 460 g/mol. The molecule has 32 heavy (non-hydrogen) atoms. The maximum absolute atomic E-state index is 5.38. The first-order chi connectivity index (χ1) is 15.7. The number of ether oxygens (including phenoxy) is 1. The van der Waals surface area contributed by atoms with E-state index in [1.807, 2.05) is 12.1 Å². The van der Waals surface area contributed by atoms with E-state index in [0.717, 1.165) is 33.9 Å². The average Bonchev–Trinajstić information content (AvgIpc) is 2.85. The highest BCUT2D eigenvalue weighted by molar-refractivity contribution is 9.10. The van der Waals surface area contributed by atoms with Crippen LogP contribution in [0.15, 0.2) is 113 Å². The van der Waals surface area contributed by atoms with Gasteiger partial charge in [0.15, 0.2) is 0 Å². The Labute approximate surface area is 197 Å². The van der Waals surface area contributed by atoms with Crippen molar-refractivity contribution in [3.8, 4) is 5.75 Å². The predicted molar refractivity (Wildman–Crippen MR) is 134 cm³/mol. The van der Waals surface area contributed by atoms with Crippen LogP contribution in [-0.4, -0.2) is 17.8 Å². The lowest BCUT2D eigenvalue weighted by atomic mass is 9.92. The Morgan fingerprint density at radius 1 is 0.844 bits per heavy atom. The van der Waals surface area contributed by atoms with Crippen molar-refractivity contribution >= 4 is 27.5 Å². The van der Waals surface area contributed by atoms with E-state index in [2.05, 4.69) is 112 Å². The molecule has 1 atom stereocenters. The number of rotatable bonds is 5. The van der Waals surface area contributed by atoms with Crippen LogP contribution in [0.3, 0.4) is 0 Å². The monoisotopic (exact) mass is 482 g/mol. The van der Waals surface area contributed by atoms with E-state index in [-0.39, 0.29) is 6.04 Å². The van der Waals surface area contributed by atoms with Crippen molar-refractivity contribution < 1.29 is 4.74 Å². The largest absolute Gasteiger partial charge is 0.497 e. The molecule has 0 fully saturated rings. The molecule has 4 aromatic carbocycles. The molecule has 0 radical (unpaired) electrons. The summed E-state index contributed by atoms with van der Waals surface area (Å²) in [5.74, 6) is 1.80. The fourth-order valence-corrected chi connectivity index (χ4v) is 4.61. The van der Waals surface area contributed by atoms with Gasteiger partial charge in [-0.05, 0) is 53.6 Å². The Kier molecular flexibility index (Phi) is 5.78. The molecule has 1 aliphatic rings. The Balaban J connectivity index is 1.71. The number of aliphatic imine (C=N–C) groups is 1. The molecule has 0 N–H and O–H groups in total. The molecule has 4 aromatic rings. The maximum Gasteiger partial charge on any atom is 0.137 e. The van der Waals surface area contributed by atoms with Gasteiger partial charge in [-0.15, -0.1) is 0 Å². The molecule has 1 aliphatic heterocycles. The van der Waals surface area contributed by atoms with E-state index in [1.165, 1.54) is 16.7 Å². The van der Waals surface area contributed by atoms with Crippen LogP contribution in [0.25, 0.3) is 0 Å². The zero-order valence-corrected chi connectivity index (χ0v) is 19.4. The molecule has 4 heteroatoms. The Hall–Kier alpha value is -3.37. The Morgan fingerprint density at radius 2 is 1.53 bits per heavy atom. The topological polar surface area (TPSA) is 24.8 Å². The fourth-order valence-electron chi connectivity index (χ4n) is 4.23. The lowest BCUT2D eigenvalue weighted by Crippen LogP contribution is -2.38. The van der Waals surface area contributed by atoms with Crippen molar-refractivity contribution in [2.24, 2.45) is 4.99 Å². The van der Waals surface area contributed by atoms with Crippen molar-refractivity contribution in [1.29, 1.82) is 0 Å². The van der Waals surface area contributed by atoms with Gasteiger partial charge in [0, 0.05) is 22.1 Å². The minimum atomic E-state index is 0.0403. The van der Waals surface area contributed by atoms with Crippen LogP contribution in [0.4, 0.5) is 5.69 Å². The number of hydrogen-bond donors (Lipinski definition) is 0. The van der Waals surface area contributed by atoms with Crippen LogP contribution in [0.5, 0.6) is 5.75 Å². The smallest absolute Gasteiger partial charge is 0.137 e. The van der Waals surface area contributed by atoms with Crippen LogP contribution >= 0.6 is 15.9 Å². The van der Waals surface area contributed by atoms with Crippen LogP contribution < -0.4 is 4.74 Å². The Bertz CT molecular complexity index is 1240. The van der Waals surface area contributed by atoms with E-state index >= 15 is 0 Å². The number of amidine groups is 1. The van der Waals surface area contributed by atoms with E-state index in [9.17, 15) is 0 Å². The van der Waals surface area contributed by atoms with Gasteiger partial charge >= 0.3 is 0 Å². The van der Waals surface area contributed by atoms with Gasteiger partial charge in [0.1, 0.15) is 11.6 Å². The highest BCUT2D eigenvalue weighted by Gasteiger charge is 2.32. The van der Waals surface area contributed by atoms with Crippen LogP contribution in [0, 0.1) is 0 Å². The van der Waals surface area contributed by atoms with Crippen molar-refractivity contribution in [3.05, 3.63) is 130 Å². The fraction of sp³-hybridized carbons (Fsp3) is 0.107. The average molecular weight is 483 g/mol. The standard InChI is InChI=1S/C28H23BrN2O/c1-32-24-15-12-22(13-16-24)28-30-26-17-14-23(29)18-25(26)27(21-10-6-3-7-11-21)31(28)19-20-8-4-2-5-9-20/h2-18,27H,19H2,1H3. The summed E-state index contributed by atoms with van der Waals surface area (Å²) in [7, 11) is 1.69. The van der Waals surface area contributed by atoms with E-state index < -0.39 is 0 Å². The van der Waals surface area contributed by atoms with Gasteiger partial charge in [-0.3, -0.25) is 0 Å². The lowest BCUT2D eigenvalue weighted by Gasteiger charge is -2.39. The molecule has 0 saturated carbocycles. The van der Waals surface area contributed by atoms with E-state index in [0.29, 0.717) is 0 Å². The quantitative estimate of drug-likeness (QED) is 0.301. The molecular formula is C28H23BrN2O. The molecule has 0 amide bonds. The molecule has 5 rings (SSSR count). The second-order valence-corrected chi connectivity index (χ2v) is 8.71. The first kappa shape index (κ1) is 20.5. The van der Waals surface area contributed by atoms with Gasteiger partial charge in [0.05, 0.1) is 18.8 Å². The van der Waals surface area contributed by atoms with Crippen LogP contribution in [-0.2, 0) is 6.54 Å². The summed E-state index contributed by atoms with van der Waals surface area (Å²) >= 11 is 3.67. The number of nitrogens with zero attached hydrogens (tertiary/aromatic N) is 2. The van der Waals surface area contributed by atoms with E-state index in [4.69, 9.17) is 9.73 Å². The van der Waals surface area contributed by atoms with Gasteiger partial charge < -0.3 is 9.64 Å². The molecule has 158 valence electrons. The summed E-state index contributed by atoms with van der Waals surface area (Å²) in [4.78, 5) is 7.55. The first-order valence-electron chi connectivity index (χ1n) is 10.6. The van der Waals surface area contributed by atoms with Crippen molar-refractivity contribution in [3.63, 3.8) is 0 Å². The predicted octanol–water partition coefficient (Wildman–Crippen LogP) is 7.14. The number of methoxy groups -OCH3 is 1. The minimum Gasteiger partial charge on any atom is -0.497 e. The number of hydrogen-bond acceptors (Lipinski definition) is 3. The van der Waals surface area contributed by atoms with Gasteiger partial charge in [-0.2, -0.15) is 0 Å². The number of halogens is 1. The maximum atomic E-state index is 5.38. The van der Waals surface area contributed by atoms with Crippen molar-refractivity contribution in [2.75, 3.05) is 7.11 Å². The number of fused-ring (bicyclic) bond motifs is 1. The summed E-state index contributed by atoms with van der Waals surface area (Å²) < 4.78 is 6.44. The third kappa shape index (κ3) is 4.06. The highest BCUT2D eigenvalue weighted by Crippen LogP contribution is 2.42. The highest BCUT2D eigenvalue weighted by atomic mass is 79.9. The zero-order chi connectivity index (χ0) is 21.9. The lowest BCUT2D eigenvalue weighted by molar-refractivity contribution is 0.345. The first-order valence-corrected chi connectivity index (χ1v) is 11.4. The van der Waals surface area contributed by atoms with Crippen LogP contribution in [0.1, 0.15) is 28.3 Å². The molecule has 0 spiro atoms. The molecule has 3 nitrogen and oxygen atoms in total. The zero-order valence-electron chi connectivity index (χ0n) is 17.8. The van der Waals surface area contributed by atoms with Gasteiger partial charge in [0.25, 0.3) is 0 Å². The minimum absolute atomic E-state index is 0.0403. The van der Waals surface area contributed by atoms with Gasteiger partial charge in [0.2, 0.25) is 0 Å². The summed E-state index contributed by atoms with van der Waals surface area (Å²) in [6, 6.07) is 35.8. The van der Waals surface area contributed by atoms with Gasteiger partial charge in [-0.1, -0.05) is 76.6 Å². The van der Waals surface area contributed by atoms with E-state index in [1.54, 1.807) is 7.11 Å². The summed E-state index contributed by atoms with van der Waals surface area (Å²) in [5.41, 5.74) is 5.74. The Morgan fingerprint density at radius 3 is 2.22 bits per heavy atom.